The van der Waals surface area contributed by atoms with E-state index >= 15 is 0 Å². The third kappa shape index (κ3) is 3.99. The molecule has 2 radical (unpaired) electrons. The van der Waals surface area contributed by atoms with Gasteiger partial charge in [-0.05, 0) is 52.9 Å². The summed E-state index contributed by atoms with van der Waals surface area (Å²) in [6, 6.07) is 11.2. The van der Waals surface area contributed by atoms with E-state index in [2.05, 4.69) is 24.7 Å². The Morgan fingerprint density at radius 1 is 0.783 bits per heavy atom. The molecule has 0 aliphatic heterocycles. The zero-order valence-corrected chi connectivity index (χ0v) is 18.2. The molecule has 0 bridgehead atoms. The molecule has 4 nitrogen and oxygen atoms in total. The van der Waals surface area contributed by atoms with Gasteiger partial charge < -0.3 is 10.6 Å². The molecule has 1 aliphatic rings. The molecule has 1 aliphatic carbocycles. The van der Waals surface area contributed by atoms with E-state index in [9.17, 15) is 9.59 Å². The topological polar surface area (TPSA) is 58.2 Å². The van der Waals surface area contributed by atoms with Gasteiger partial charge in [0.25, 0.3) is 0 Å². The Hall–Kier alpha value is -0.412. The SMILES string of the molecule is [CH2-]NC(=O)c1ccc2c(c1)Cc1cc(C(=O)N[CH2-])ccc1-2.[Y].[Y]. The summed E-state index contributed by atoms with van der Waals surface area (Å²) in [6.45, 7) is 0. The molecule has 0 heterocycles. The van der Waals surface area contributed by atoms with E-state index < -0.39 is 0 Å². The van der Waals surface area contributed by atoms with Gasteiger partial charge in [0.05, 0.1) is 0 Å². The molecule has 2 aromatic rings. The standard InChI is InChI=1S/C17H14N2O2.2Y/c1-18-16(20)10-3-5-14-12(7-10)9-13-8-11(17(21)19-2)4-6-15(13)14;;/h3-8H,1-2,9H2,(H,18,20)(H,19,21);;/q-2;;. The fourth-order valence-electron chi connectivity index (χ4n) is 2.70. The van der Waals surface area contributed by atoms with Crippen LogP contribution < -0.4 is 10.6 Å². The van der Waals surface area contributed by atoms with Gasteiger partial charge in [-0.1, -0.05) is 12.1 Å². The fourth-order valence-corrected chi connectivity index (χ4v) is 2.70. The van der Waals surface area contributed by atoms with Crippen LogP contribution in [-0.4, -0.2) is 11.8 Å². The predicted octanol–water partition coefficient (Wildman–Crippen LogP) is 2.30. The number of amides is 2. The first-order valence-corrected chi connectivity index (χ1v) is 6.55. The first-order valence-electron chi connectivity index (χ1n) is 6.55. The van der Waals surface area contributed by atoms with Crippen LogP contribution in [0.3, 0.4) is 0 Å². The second kappa shape index (κ2) is 8.62. The summed E-state index contributed by atoms with van der Waals surface area (Å²) in [7, 11) is 6.77. The maximum Gasteiger partial charge on any atom is 0.222 e. The number of rotatable bonds is 2. The van der Waals surface area contributed by atoms with Crippen molar-refractivity contribution in [3.05, 3.63) is 72.7 Å². The average Bonchev–Trinajstić information content (AvgIpc) is 2.89. The quantitative estimate of drug-likeness (QED) is 0.582. The zero-order valence-electron chi connectivity index (χ0n) is 12.6. The maximum absolute atomic E-state index is 11.6. The number of nitrogens with one attached hydrogen (secondary N) is 2. The molecular formula is C17H14N2O2Y2-2. The van der Waals surface area contributed by atoms with Gasteiger partial charge in [0.2, 0.25) is 11.8 Å². The Morgan fingerprint density at radius 2 is 1.17 bits per heavy atom. The Balaban J connectivity index is 0.00000132. The molecule has 0 atom stereocenters. The minimum atomic E-state index is -0.203. The molecule has 3 rings (SSSR count). The summed E-state index contributed by atoms with van der Waals surface area (Å²) in [5.41, 5.74) is 5.55. The van der Waals surface area contributed by atoms with Gasteiger partial charge >= 0.3 is 0 Å². The van der Waals surface area contributed by atoms with Gasteiger partial charge in [0.15, 0.2) is 0 Å². The Bertz CT molecular complexity index is 697. The van der Waals surface area contributed by atoms with Crippen molar-refractivity contribution in [2.24, 2.45) is 0 Å². The summed E-state index contributed by atoms with van der Waals surface area (Å²) in [5, 5.41) is 4.75. The minimum absolute atomic E-state index is 0. The predicted molar refractivity (Wildman–Crippen MR) is 80.3 cm³/mol. The normalized spacial score (nSPS) is 10.5. The average molecular weight is 456 g/mol. The van der Waals surface area contributed by atoms with E-state index in [-0.39, 0.29) is 77.2 Å². The molecule has 2 amide bonds. The van der Waals surface area contributed by atoms with E-state index in [0.717, 1.165) is 22.3 Å². The monoisotopic (exact) mass is 456 g/mol. The van der Waals surface area contributed by atoms with Gasteiger partial charge in [0, 0.05) is 76.5 Å². The molecule has 2 N–H and O–H groups in total. The molecule has 0 saturated carbocycles. The Labute approximate surface area is 185 Å². The summed E-state index contributed by atoms with van der Waals surface area (Å²) in [4.78, 5) is 23.3. The second-order valence-corrected chi connectivity index (χ2v) is 4.93. The number of benzene rings is 2. The molecule has 6 heteroatoms. The third-order valence-electron chi connectivity index (χ3n) is 3.73. The van der Waals surface area contributed by atoms with Gasteiger partial charge in [-0.25, -0.2) is 0 Å². The van der Waals surface area contributed by atoms with Gasteiger partial charge in [-0.15, -0.1) is 0 Å². The van der Waals surface area contributed by atoms with Crippen molar-refractivity contribution in [2.45, 2.75) is 6.42 Å². The van der Waals surface area contributed by atoms with Gasteiger partial charge in [-0.2, -0.15) is 0 Å². The van der Waals surface area contributed by atoms with Gasteiger partial charge in [-0.3, -0.25) is 23.7 Å². The van der Waals surface area contributed by atoms with Crippen LogP contribution in [0.2, 0.25) is 0 Å². The minimum Gasteiger partial charge on any atom is -0.504 e. The third-order valence-corrected chi connectivity index (χ3v) is 3.73. The molecule has 0 fully saturated rings. The fraction of sp³-hybridized carbons (Fsp3) is 0.0588. The number of hydrogen-bond donors (Lipinski definition) is 2. The molecule has 112 valence electrons. The van der Waals surface area contributed by atoms with Crippen LogP contribution in [0.15, 0.2) is 36.4 Å². The number of hydrogen-bond acceptors (Lipinski definition) is 2. The summed E-state index contributed by atoms with van der Waals surface area (Å²) >= 11 is 0. The van der Waals surface area contributed by atoms with Crippen molar-refractivity contribution >= 4 is 11.8 Å². The first-order chi connectivity index (χ1) is 10.1. The molecule has 0 aromatic heterocycles. The van der Waals surface area contributed by atoms with Crippen molar-refractivity contribution in [1.82, 2.24) is 10.6 Å². The first kappa shape index (κ1) is 20.6. The van der Waals surface area contributed by atoms with E-state index in [0.29, 0.717) is 17.5 Å². The molecule has 2 aromatic carbocycles. The van der Waals surface area contributed by atoms with Crippen LogP contribution in [0.5, 0.6) is 0 Å². The summed E-state index contributed by atoms with van der Waals surface area (Å²) in [5.74, 6) is -0.406. The number of carbonyl (C=O) groups is 2. The van der Waals surface area contributed by atoms with Crippen molar-refractivity contribution in [2.75, 3.05) is 0 Å². The van der Waals surface area contributed by atoms with Crippen molar-refractivity contribution < 1.29 is 75.0 Å². The van der Waals surface area contributed by atoms with E-state index in [4.69, 9.17) is 0 Å². The molecule has 23 heavy (non-hydrogen) atoms. The second-order valence-electron chi connectivity index (χ2n) is 4.93. The van der Waals surface area contributed by atoms with Crippen LogP contribution in [0.1, 0.15) is 31.8 Å². The van der Waals surface area contributed by atoms with Crippen LogP contribution in [0.4, 0.5) is 0 Å². The zero-order chi connectivity index (χ0) is 15.0. The van der Waals surface area contributed by atoms with Crippen molar-refractivity contribution in [1.29, 1.82) is 0 Å². The molecule has 0 spiro atoms. The van der Waals surface area contributed by atoms with E-state index in [1.165, 1.54) is 0 Å². The van der Waals surface area contributed by atoms with E-state index in [1.807, 2.05) is 24.3 Å². The Kier molecular flexibility index (Phi) is 7.73. The van der Waals surface area contributed by atoms with Crippen LogP contribution >= 0.6 is 0 Å². The van der Waals surface area contributed by atoms with Crippen LogP contribution in [0, 0.1) is 14.1 Å². The van der Waals surface area contributed by atoms with Crippen LogP contribution in [0.25, 0.3) is 11.1 Å². The Morgan fingerprint density at radius 3 is 1.52 bits per heavy atom. The maximum atomic E-state index is 11.6. The van der Waals surface area contributed by atoms with Crippen molar-refractivity contribution in [3.8, 4) is 11.1 Å². The number of fused-ring (bicyclic) bond motifs is 3. The number of carbonyl (C=O) groups excluding carboxylic acids is 2. The van der Waals surface area contributed by atoms with Gasteiger partial charge in [0.1, 0.15) is 0 Å². The summed E-state index contributed by atoms with van der Waals surface area (Å²) in [6.07, 6.45) is 0.710. The largest absolute Gasteiger partial charge is 0.504 e. The molecular weight excluding hydrogens is 442 g/mol. The van der Waals surface area contributed by atoms with Crippen LogP contribution in [-0.2, 0) is 71.8 Å². The molecule has 0 saturated heterocycles. The molecule has 0 unspecified atom stereocenters. The van der Waals surface area contributed by atoms with E-state index in [1.54, 1.807) is 12.1 Å². The van der Waals surface area contributed by atoms with Crippen molar-refractivity contribution in [3.63, 3.8) is 0 Å². The smallest absolute Gasteiger partial charge is 0.222 e. The summed E-state index contributed by atoms with van der Waals surface area (Å²) < 4.78 is 0.